The first kappa shape index (κ1) is 14.6. The summed E-state index contributed by atoms with van der Waals surface area (Å²) in [4.78, 5) is 10.8. The second-order valence-electron chi connectivity index (χ2n) is 4.14. The molecule has 0 saturated heterocycles. The van der Waals surface area contributed by atoms with Crippen LogP contribution in [0.4, 0.5) is 19.0 Å². The molecule has 108 valence electrons. The van der Waals surface area contributed by atoms with Crippen LogP contribution in [0.2, 0.25) is 5.15 Å². The summed E-state index contributed by atoms with van der Waals surface area (Å²) in [5.74, 6) is 0.691. The highest BCUT2D eigenvalue weighted by Crippen LogP contribution is 2.32. The molecule has 2 heterocycles. The predicted octanol–water partition coefficient (Wildman–Crippen LogP) is 4.04. The van der Waals surface area contributed by atoms with Gasteiger partial charge in [0.1, 0.15) is 16.8 Å². The van der Waals surface area contributed by atoms with Crippen LogP contribution in [0.15, 0.2) is 24.5 Å². The van der Waals surface area contributed by atoms with Crippen LogP contribution >= 0.6 is 11.6 Å². The van der Waals surface area contributed by atoms with E-state index < -0.39 is 11.7 Å². The van der Waals surface area contributed by atoms with Crippen LogP contribution in [0, 0.1) is 0 Å². The van der Waals surface area contributed by atoms with Crippen LogP contribution < -0.4 is 5.32 Å². The largest absolute Gasteiger partial charge is 0.416 e. The van der Waals surface area contributed by atoms with E-state index in [0.29, 0.717) is 12.2 Å². The molecule has 2 aromatic rings. The molecule has 0 fully saturated rings. The summed E-state index contributed by atoms with van der Waals surface area (Å²) in [5.41, 5.74) is -0.839. The van der Waals surface area contributed by atoms with E-state index >= 15 is 0 Å². The second kappa shape index (κ2) is 5.70. The van der Waals surface area contributed by atoms with Gasteiger partial charge in [0.25, 0.3) is 0 Å². The fourth-order valence-corrected chi connectivity index (χ4v) is 1.95. The highest BCUT2D eigenvalue weighted by atomic mass is 35.5. The molecule has 2 N–H and O–H groups in total. The van der Waals surface area contributed by atoms with Crippen LogP contribution in [0.5, 0.6) is 0 Å². The molecule has 1 atom stereocenters. The van der Waals surface area contributed by atoms with E-state index in [0.717, 1.165) is 12.1 Å². The van der Waals surface area contributed by atoms with E-state index in [9.17, 15) is 13.2 Å². The number of aromatic amines is 1. The molecule has 0 aliphatic carbocycles. The molecule has 0 spiro atoms. The van der Waals surface area contributed by atoms with Crippen molar-refractivity contribution in [3.05, 3.63) is 41.1 Å². The monoisotopic (exact) mass is 304 g/mol. The van der Waals surface area contributed by atoms with Gasteiger partial charge in [-0.2, -0.15) is 13.2 Å². The topological polar surface area (TPSA) is 53.6 Å². The zero-order valence-electron chi connectivity index (χ0n) is 10.5. The molecule has 8 heteroatoms. The zero-order chi connectivity index (χ0) is 14.8. The number of H-pyrrole nitrogens is 1. The third-order valence-corrected chi connectivity index (χ3v) is 2.89. The molecule has 0 radical (unpaired) electrons. The number of nitrogens with zero attached hydrogens (tertiary/aromatic N) is 2. The minimum atomic E-state index is -4.46. The Hall–Kier alpha value is -1.76. The van der Waals surface area contributed by atoms with Gasteiger partial charge in [-0.1, -0.05) is 18.5 Å². The lowest BCUT2D eigenvalue weighted by molar-refractivity contribution is -0.137. The predicted molar refractivity (Wildman–Crippen MR) is 69.5 cm³/mol. The standard InChI is InChI=1S/C12H12ClF3N4/c1-2-8(11-17-3-4-18-11)19-10-6-7(12(14,15)16)5-9(13)20-10/h3-6,8H,2H2,1H3,(H,17,18)(H,19,20). The van der Waals surface area contributed by atoms with Crippen LogP contribution in [-0.4, -0.2) is 15.0 Å². The number of rotatable bonds is 4. The molecule has 20 heavy (non-hydrogen) atoms. The fourth-order valence-electron chi connectivity index (χ4n) is 1.74. The number of imidazole rings is 1. The fraction of sp³-hybridized carbons (Fsp3) is 0.333. The van der Waals surface area contributed by atoms with Gasteiger partial charge in [-0.05, 0) is 18.6 Å². The molecule has 0 aromatic carbocycles. The molecular formula is C12H12ClF3N4. The lowest BCUT2D eigenvalue weighted by Gasteiger charge is -2.16. The Morgan fingerprint density at radius 3 is 2.70 bits per heavy atom. The highest BCUT2D eigenvalue weighted by Gasteiger charge is 2.31. The Balaban J connectivity index is 2.27. The first-order chi connectivity index (χ1) is 9.40. The van der Waals surface area contributed by atoms with Gasteiger partial charge in [0.15, 0.2) is 0 Å². The number of halogens is 4. The van der Waals surface area contributed by atoms with Crippen molar-refractivity contribution in [3.8, 4) is 0 Å². The lowest BCUT2D eigenvalue weighted by Crippen LogP contribution is -2.14. The number of pyridine rings is 1. The second-order valence-corrected chi connectivity index (χ2v) is 4.53. The van der Waals surface area contributed by atoms with Crippen molar-refractivity contribution in [1.29, 1.82) is 0 Å². The van der Waals surface area contributed by atoms with Gasteiger partial charge in [0, 0.05) is 12.4 Å². The maximum Gasteiger partial charge on any atom is 0.416 e. The van der Waals surface area contributed by atoms with Gasteiger partial charge in [0.05, 0.1) is 11.6 Å². The minimum Gasteiger partial charge on any atom is -0.360 e. The molecule has 4 nitrogen and oxygen atoms in total. The molecule has 0 amide bonds. The van der Waals surface area contributed by atoms with E-state index in [2.05, 4.69) is 20.3 Å². The smallest absolute Gasteiger partial charge is 0.360 e. The van der Waals surface area contributed by atoms with Crippen molar-refractivity contribution >= 4 is 17.4 Å². The normalized spacial score (nSPS) is 13.2. The van der Waals surface area contributed by atoms with Crippen molar-refractivity contribution < 1.29 is 13.2 Å². The lowest BCUT2D eigenvalue weighted by atomic mass is 10.2. The van der Waals surface area contributed by atoms with Gasteiger partial charge in [-0.15, -0.1) is 0 Å². The summed E-state index contributed by atoms with van der Waals surface area (Å²) < 4.78 is 38.1. The molecule has 0 aliphatic rings. The Bertz CT molecular complexity index is 569. The number of anilines is 1. The summed E-state index contributed by atoms with van der Waals surface area (Å²) in [5, 5.41) is 2.68. The summed E-state index contributed by atoms with van der Waals surface area (Å²) in [6, 6.07) is 1.45. The Morgan fingerprint density at radius 1 is 1.40 bits per heavy atom. The van der Waals surface area contributed by atoms with Gasteiger partial charge >= 0.3 is 6.18 Å². The summed E-state index contributed by atoms with van der Waals surface area (Å²) in [6.45, 7) is 1.88. The molecular weight excluding hydrogens is 293 g/mol. The highest BCUT2D eigenvalue weighted by molar-refractivity contribution is 6.29. The number of aromatic nitrogens is 3. The summed E-state index contributed by atoms with van der Waals surface area (Å²) in [6.07, 6.45) is -0.614. The van der Waals surface area contributed by atoms with E-state index in [1.165, 1.54) is 0 Å². The Morgan fingerprint density at radius 2 is 2.15 bits per heavy atom. The summed E-state index contributed by atoms with van der Waals surface area (Å²) >= 11 is 5.63. The van der Waals surface area contributed by atoms with Crippen LogP contribution in [-0.2, 0) is 6.18 Å². The van der Waals surface area contributed by atoms with Gasteiger partial charge in [0.2, 0.25) is 0 Å². The molecule has 1 unspecified atom stereocenters. The van der Waals surface area contributed by atoms with Crippen molar-refractivity contribution in [2.24, 2.45) is 0 Å². The molecule has 0 aliphatic heterocycles. The van der Waals surface area contributed by atoms with E-state index in [-0.39, 0.29) is 17.0 Å². The van der Waals surface area contributed by atoms with Gasteiger partial charge < -0.3 is 10.3 Å². The van der Waals surface area contributed by atoms with Crippen molar-refractivity contribution in [2.45, 2.75) is 25.6 Å². The maximum absolute atomic E-state index is 12.7. The number of hydrogen-bond donors (Lipinski definition) is 2. The first-order valence-electron chi connectivity index (χ1n) is 5.90. The van der Waals surface area contributed by atoms with Crippen LogP contribution in [0.3, 0.4) is 0 Å². The summed E-state index contributed by atoms with van der Waals surface area (Å²) in [7, 11) is 0. The van der Waals surface area contributed by atoms with E-state index in [1.807, 2.05) is 6.92 Å². The zero-order valence-corrected chi connectivity index (χ0v) is 11.3. The average molecular weight is 305 g/mol. The van der Waals surface area contributed by atoms with E-state index in [4.69, 9.17) is 11.6 Å². The van der Waals surface area contributed by atoms with Crippen LogP contribution in [0.1, 0.15) is 30.8 Å². The van der Waals surface area contributed by atoms with Crippen molar-refractivity contribution in [3.63, 3.8) is 0 Å². The van der Waals surface area contributed by atoms with E-state index in [1.54, 1.807) is 12.4 Å². The number of nitrogens with one attached hydrogen (secondary N) is 2. The first-order valence-corrected chi connectivity index (χ1v) is 6.28. The molecule has 2 rings (SSSR count). The Kier molecular flexibility index (Phi) is 4.17. The molecule has 0 saturated carbocycles. The number of alkyl halides is 3. The maximum atomic E-state index is 12.7. The Labute approximate surface area is 118 Å². The molecule has 2 aromatic heterocycles. The third-order valence-electron chi connectivity index (χ3n) is 2.70. The molecule has 0 bridgehead atoms. The SMILES string of the molecule is CCC(Nc1cc(C(F)(F)F)cc(Cl)n1)c1ncc[nH]1. The number of hydrogen-bond acceptors (Lipinski definition) is 3. The van der Waals surface area contributed by atoms with Crippen molar-refractivity contribution in [2.75, 3.05) is 5.32 Å². The quantitative estimate of drug-likeness (QED) is 0.838. The third kappa shape index (κ3) is 3.41. The van der Waals surface area contributed by atoms with Gasteiger partial charge in [-0.25, -0.2) is 9.97 Å². The van der Waals surface area contributed by atoms with Crippen molar-refractivity contribution in [1.82, 2.24) is 15.0 Å². The van der Waals surface area contributed by atoms with Gasteiger partial charge in [-0.3, -0.25) is 0 Å². The average Bonchev–Trinajstić information content (AvgIpc) is 2.88. The van der Waals surface area contributed by atoms with Crippen LogP contribution in [0.25, 0.3) is 0 Å². The minimum absolute atomic E-state index is 0.0630.